The van der Waals surface area contributed by atoms with E-state index in [0.29, 0.717) is 13.2 Å². The number of nitriles is 1. The molecule has 2 heterocycles. The molecule has 1 unspecified atom stereocenters. The fraction of sp³-hybridized carbons (Fsp3) is 0.533. The number of benzene rings is 1. The van der Waals surface area contributed by atoms with E-state index in [1.165, 1.54) is 0 Å². The Balaban J connectivity index is 1.84. The lowest BCUT2D eigenvalue weighted by molar-refractivity contribution is 0.207. The van der Waals surface area contributed by atoms with Crippen LogP contribution in [0.2, 0.25) is 0 Å². The summed E-state index contributed by atoms with van der Waals surface area (Å²) in [6.45, 7) is 5.01. The van der Waals surface area contributed by atoms with E-state index in [-0.39, 0.29) is 6.04 Å². The molecule has 1 aromatic rings. The van der Waals surface area contributed by atoms with Gasteiger partial charge in [-0.2, -0.15) is 5.26 Å². The summed E-state index contributed by atoms with van der Waals surface area (Å²) in [5.74, 6) is 1.54. The number of rotatable bonds is 2. The van der Waals surface area contributed by atoms with Crippen molar-refractivity contribution in [2.45, 2.75) is 12.5 Å². The Bertz CT molecular complexity index is 506. The second-order valence-electron chi connectivity index (χ2n) is 5.07. The highest BCUT2D eigenvalue weighted by molar-refractivity contribution is 5.45. The molecular weight excluding hydrogens is 254 g/mol. The summed E-state index contributed by atoms with van der Waals surface area (Å²) in [5.41, 5.74) is 0.985. The van der Waals surface area contributed by atoms with Crippen LogP contribution in [-0.4, -0.2) is 44.3 Å². The van der Waals surface area contributed by atoms with Crippen LogP contribution < -0.4 is 14.8 Å². The van der Waals surface area contributed by atoms with E-state index in [9.17, 15) is 5.26 Å². The first-order chi connectivity index (χ1) is 9.88. The number of fused-ring (bicyclic) bond motifs is 1. The minimum Gasteiger partial charge on any atom is -0.490 e. The summed E-state index contributed by atoms with van der Waals surface area (Å²) in [4.78, 5) is 2.20. The van der Waals surface area contributed by atoms with Crippen LogP contribution in [-0.2, 0) is 0 Å². The number of piperazine rings is 1. The van der Waals surface area contributed by atoms with Gasteiger partial charge in [0.05, 0.1) is 19.3 Å². The van der Waals surface area contributed by atoms with E-state index in [2.05, 4.69) is 16.3 Å². The first-order valence-electron chi connectivity index (χ1n) is 7.12. The van der Waals surface area contributed by atoms with Crippen molar-refractivity contribution in [1.29, 1.82) is 5.26 Å². The molecule has 0 radical (unpaired) electrons. The van der Waals surface area contributed by atoms with Crippen molar-refractivity contribution in [1.82, 2.24) is 10.2 Å². The maximum Gasteiger partial charge on any atom is 0.161 e. The topological polar surface area (TPSA) is 57.5 Å². The average molecular weight is 273 g/mol. The van der Waals surface area contributed by atoms with E-state index >= 15 is 0 Å². The highest BCUT2D eigenvalue weighted by Crippen LogP contribution is 2.33. The first-order valence-corrected chi connectivity index (χ1v) is 7.12. The summed E-state index contributed by atoms with van der Waals surface area (Å²) in [7, 11) is 0. The molecule has 1 atom stereocenters. The van der Waals surface area contributed by atoms with Crippen LogP contribution in [0.25, 0.3) is 0 Å². The zero-order valence-electron chi connectivity index (χ0n) is 11.5. The standard InChI is InChI=1S/C15H19N3O2/c16-11-13(18-6-4-17-5-7-18)12-2-3-14-15(10-12)20-9-1-8-19-14/h2-3,10,13,17H,1,4-9H2. The third-order valence-electron chi connectivity index (χ3n) is 3.73. The Labute approximate surface area is 119 Å². The number of nitrogens with one attached hydrogen (secondary N) is 1. The van der Waals surface area contributed by atoms with Gasteiger partial charge in [-0.05, 0) is 17.7 Å². The highest BCUT2D eigenvalue weighted by Gasteiger charge is 2.23. The molecule has 0 bridgehead atoms. The van der Waals surface area contributed by atoms with Gasteiger partial charge in [-0.15, -0.1) is 0 Å². The van der Waals surface area contributed by atoms with Gasteiger partial charge in [0.25, 0.3) is 0 Å². The lowest BCUT2D eigenvalue weighted by Crippen LogP contribution is -2.44. The minimum atomic E-state index is -0.214. The van der Waals surface area contributed by atoms with Crippen LogP contribution in [0.3, 0.4) is 0 Å². The molecule has 0 spiro atoms. The molecule has 2 aliphatic heterocycles. The summed E-state index contributed by atoms with van der Waals surface area (Å²) in [6.07, 6.45) is 0.892. The van der Waals surface area contributed by atoms with Crippen LogP contribution in [0.15, 0.2) is 18.2 Å². The third-order valence-corrected chi connectivity index (χ3v) is 3.73. The molecule has 1 aromatic carbocycles. The van der Waals surface area contributed by atoms with E-state index < -0.39 is 0 Å². The zero-order valence-corrected chi connectivity index (χ0v) is 11.5. The largest absolute Gasteiger partial charge is 0.490 e. The number of ether oxygens (including phenoxy) is 2. The predicted molar refractivity (Wildman–Crippen MR) is 74.8 cm³/mol. The van der Waals surface area contributed by atoms with Crippen LogP contribution in [0, 0.1) is 11.3 Å². The lowest BCUT2D eigenvalue weighted by Gasteiger charge is -2.31. The minimum absolute atomic E-state index is 0.214. The van der Waals surface area contributed by atoms with Crippen LogP contribution in [0.4, 0.5) is 0 Å². The molecule has 20 heavy (non-hydrogen) atoms. The fourth-order valence-corrected chi connectivity index (χ4v) is 2.66. The Morgan fingerprint density at radius 1 is 1.15 bits per heavy atom. The van der Waals surface area contributed by atoms with E-state index in [1.807, 2.05) is 18.2 Å². The van der Waals surface area contributed by atoms with Crippen molar-refractivity contribution in [2.24, 2.45) is 0 Å². The van der Waals surface area contributed by atoms with Gasteiger partial charge in [-0.25, -0.2) is 0 Å². The molecule has 3 rings (SSSR count). The molecule has 0 saturated carbocycles. The molecule has 5 nitrogen and oxygen atoms in total. The van der Waals surface area contributed by atoms with Crippen molar-refractivity contribution < 1.29 is 9.47 Å². The molecule has 1 saturated heterocycles. The van der Waals surface area contributed by atoms with Gasteiger partial charge < -0.3 is 14.8 Å². The maximum atomic E-state index is 9.51. The predicted octanol–water partition coefficient (Wildman–Crippen LogP) is 1.32. The van der Waals surface area contributed by atoms with Crippen molar-refractivity contribution in [2.75, 3.05) is 39.4 Å². The summed E-state index contributed by atoms with van der Waals surface area (Å²) >= 11 is 0. The summed E-state index contributed by atoms with van der Waals surface area (Å²) in [6, 6.07) is 8.05. The molecule has 0 aliphatic carbocycles. The molecule has 2 aliphatic rings. The number of nitrogens with zero attached hydrogens (tertiary/aromatic N) is 2. The normalized spacial score (nSPS) is 20.8. The third kappa shape index (κ3) is 2.72. The van der Waals surface area contributed by atoms with Crippen molar-refractivity contribution in [3.63, 3.8) is 0 Å². The Hall–Kier alpha value is -1.77. The molecule has 1 fully saturated rings. The van der Waals surface area contributed by atoms with Crippen molar-refractivity contribution in [3.8, 4) is 17.6 Å². The van der Waals surface area contributed by atoms with Gasteiger partial charge in [-0.1, -0.05) is 6.07 Å². The summed E-state index contributed by atoms with van der Waals surface area (Å²) in [5, 5.41) is 12.8. The second-order valence-corrected chi connectivity index (χ2v) is 5.07. The SMILES string of the molecule is N#CC(c1ccc2c(c1)OCCCO2)N1CCNCC1. The molecule has 0 amide bonds. The van der Waals surface area contributed by atoms with Crippen molar-refractivity contribution >= 4 is 0 Å². The van der Waals surface area contributed by atoms with Gasteiger partial charge >= 0.3 is 0 Å². The Kier molecular flexibility index (Phi) is 4.05. The molecular formula is C15H19N3O2. The second kappa shape index (κ2) is 6.12. The van der Waals surface area contributed by atoms with Gasteiger partial charge in [-0.3, -0.25) is 4.90 Å². The van der Waals surface area contributed by atoms with Gasteiger partial charge in [0, 0.05) is 32.6 Å². The van der Waals surface area contributed by atoms with Crippen molar-refractivity contribution in [3.05, 3.63) is 23.8 Å². The molecule has 0 aromatic heterocycles. The average Bonchev–Trinajstić information content (AvgIpc) is 2.74. The number of hydrogen-bond donors (Lipinski definition) is 1. The van der Waals surface area contributed by atoms with E-state index in [1.54, 1.807) is 0 Å². The van der Waals surface area contributed by atoms with Crippen LogP contribution >= 0.6 is 0 Å². The quantitative estimate of drug-likeness (QED) is 0.880. The van der Waals surface area contributed by atoms with Crippen LogP contribution in [0.5, 0.6) is 11.5 Å². The molecule has 106 valence electrons. The van der Waals surface area contributed by atoms with Gasteiger partial charge in [0.2, 0.25) is 0 Å². The van der Waals surface area contributed by atoms with E-state index in [0.717, 1.165) is 49.7 Å². The van der Waals surface area contributed by atoms with Crippen LogP contribution in [0.1, 0.15) is 18.0 Å². The zero-order chi connectivity index (χ0) is 13.8. The Morgan fingerprint density at radius 3 is 2.65 bits per heavy atom. The summed E-state index contributed by atoms with van der Waals surface area (Å²) < 4.78 is 11.3. The maximum absolute atomic E-state index is 9.51. The Morgan fingerprint density at radius 2 is 1.90 bits per heavy atom. The highest BCUT2D eigenvalue weighted by atomic mass is 16.5. The lowest BCUT2D eigenvalue weighted by atomic mass is 10.0. The van der Waals surface area contributed by atoms with Gasteiger partial charge in [0.15, 0.2) is 11.5 Å². The van der Waals surface area contributed by atoms with Gasteiger partial charge in [0.1, 0.15) is 6.04 Å². The van der Waals surface area contributed by atoms with E-state index in [4.69, 9.17) is 9.47 Å². The first kappa shape index (κ1) is 13.2. The molecule has 1 N–H and O–H groups in total. The number of hydrogen-bond acceptors (Lipinski definition) is 5. The smallest absolute Gasteiger partial charge is 0.161 e. The monoisotopic (exact) mass is 273 g/mol. The molecule has 5 heteroatoms. The fourth-order valence-electron chi connectivity index (χ4n) is 2.66.